The van der Waals surface area contributed by atoms with E-state index in [0.717, 1.165) is 16.5 Å². The molecule has 0 aliphatic heterocycles. The number of hydrogen-bond acceptors (Lipinski definition) is 6. The molecule has 3 aromatic rings. The molecule has 140 valence electrons. The molecule has 1 heterocycles. The maximum Gasteiger partial charge on any atom is 0.256 e. The van der Waals surface area contributed by atoms with Crippen LogP contribution in [0.4, 0.5) is 5.13 Å². The van der Waals surface area contributed by atoms with Crippen LogP contribution < -0.4 is 14.2 Å². The van der Waals surface area contributed by atoms with Crippen LogP contribution in [0.2, 0.25) is 0 Å². The predicted molar refractivity (Wildman–Crippen MR) is 109 cm³/mol. The first-order chi connectivity index (χ1) is 13.0. The van der Waals surface area contributed by atoms with Gasteiger partial charge in [0.2, 0.25) is 0 Å². The molecule has 0 atom stereocenters. The summed E-state index contributed by atoms with van der Waals surface area (Å²) in [6.07, 6.45) is 1.53. The van der Waals surface area contributed by atoms with Crippen LogP contribution in [0.5, 0.6) is 11.5 Å². The quantitative estimate of drug-likeness (QED) is 0.640. The van der Waals surface area contributed by atoms with Crippen LogP contribution in [0.1, 0.15) is 5.56 Å². The SMILES string of the molecule is COc1ccc(OC)c(-c2csc(NS(=O)(=O)/C=C/c3ccccc3)n2)c1. The molecule has 0 unspecified atom stereocenters. The number of benzene rings is 2. The number of methoxy groups -OCH3 is 2. The predicted octanol–water partition coefficient (Wildman–Crippen LogP) is 4.24. The van der Waals surface area contributed by atoms with E-state index in [9.17, 15) is 8.42 Å². The van der Waals surface area contributed by atoms with Crippen molar-refractivity contribution in [1.82, 2.24) is 4.98 Å². The molecule has 0 spiro atoms. The van der Waals surface area contributed by atoms with Crippen molar-refractivity contribution in [2.75, 3.05) is 18.9 Å². The highest BCUT2D eigenvalue weighted by Crippen LogP contribution is 2.35. The topological polar surface area (TPSA) is 77.5 Å². The third-order valence-electron chi connectivity index (χ3n) is 3.66. The molecule has 8 heteroatoms. The fraction of sp³-hybridized carbons (Fsp3) is 0.105. The molecule has 1 aromatic heterocycles. The Kier molecular flexibility index (Phi) is 5.78. The minimum Gasteiger partial charge on any atom is -0.497 e. The summed E-state index contributed by atoms with van der Waals surface area (Å²) in [6.45, 7) is 0. The highest BCUT2D eigenvalue weighted by atomic mass is 32.2. The monoisotopic (exact) mass is 402 g/mol. The lowest BCUT2D eigenvalue weighted by molar-refractivity contribution is 0.404. The maximum absolute atomic E-state index is 12.3. The first-order valence-corrected chi connectivity index (χ1v) is 10.4. The van der Waals surface area contributed by atoms with Crippen molar-refractivity contribution in [2.45, 2.75) is 0 Å². The molecule has 0 radical (unpaired) electrons. The van der Waals surface area contributed by atoms with Gasteiger partial charge in [-0.05, 0) is 29.8 Å². The maximum atomic E-state index is 12.3. The zero-order chi connectivity index (χ0) is 19.3. The third-order valence-corrected chi connectivity index (χ3v) is 5.51. The molecule has 6 nitrogen and oxygen atoms in total. The Morgan fingerprint density at radius 2 is 1.85 bits per heavy atom. The molecule has 0 bridgehead atoms. The average molecular weight is 402 g/mol. The summed E-state index contributed by atoms with van der Waals surface area (Å²) < 4.78 is 37.6. The number of anilines is 1. The lowest BCUT2D eigenvalue weighted by atomic mass is 10.1. The summed E-state index contributed by atoms with van der Waals surface area (Å²) in [5, 5.41) is 3.15. The number of hydrogen-bond donors (Lipinski definition) is 1. The molecule has 0 saturated carbocycles. The highest BCUT2D eigenvalue weighted by molar-refractivity contribution is 7.95. The van der Waals surface area contributed by atoms with Gasteiger partial charge in [-0.2, -0.15) is 0 Å². The van der Waals surface area contributed by atoms with E-state index in [0.29, 0.717) is 17.2 Å². The number of thiazole rings is 1. The Bertz CT molecular complexity index is 1040. The number of aromatic nitrogens is 1. The van der Waals surface area contributed by atoms with E-state index in [-0.39, 0.29) is 5.13 Å². The Hall–Kier alpha value is -2.84. The van der Waals surface area contributed by atoms with Gasteiger partial charge in [0.05, 0.1) is 25.3 Å². The standard InChI is InChI=1S/C19H18N2O4S2/c1-24-15-8-9-18(25-2)16(12-15)17-13-26-19(20-17)21-27(22,23)11-10-14-6-4-3-5-7-14/h3-13H,1-2H3,(H,20,21)/b11-10+. The van der Waals surface area contributed by atoms with Crippen LogP contribution >= 0.6 is 11.3 Å². The fourth-order valence-corrected chi connectivity index (χ4v) is 4.13. The number of rotatable bonds is 7. The number of nitrogens with zero attached hydrogens (tertiary/aromatic N) is 1. The van der Waals surface area contributed by atoms with E-state index in [2.05, 4.69) is 9.71 Å². The first-order valence-electron chi connectivity index (χ1n) is 7.94. The van der Waals surface area contributed by atoms with Crippen LogP contribution in [0.3, 0.4) is 0 Å². The van der Waals surface area contributed by atoms with E-state index < -0.39 is 10.0 Å². The highest BCUT2D eigenvalue weighted by Gasteiger charge is 2.14. The Balaban J connectivity index is 1.81. The van der Waals surface area contributed by atoms with E-state index in [4.69, 9.17) is 9.47 Å². The second-order valence-corrected chi connectivity index (χ2v) is 7.89. The van der Waals surface area contributed by atoms with Gasteiger partial charge in [-0.25, -0.2) is 13.4 Å². The summed E-state index contributed by atoms with van der Waals surface area (Å²) in [5.41, 5.74) is 2.11. The van der Waals surface area contributed by atoms with Crippen molar-refractivity contribution in [3.05, 3.63) is 64.9 Å². The van der Waals surface area contributed by atoms with Crippen molar-refractivity contribution in [1.29, 1.82) is 0 Å². The largest absolute Gasteiger partial charge is 0.497 e. The normalized spacial score (nSPS) is 11.5. The molecule has 0 saturated heterocycles. The lowest BCUT2D eigenvalue weighted by Gasteiger charge is -2.08. The van der Waals surface area contributed by atoms with Crippen LogP contribution in [0.25, 0.3) is 17.3 Å². The smallest absolute Gasteiger partial charge is 0.256 e. The van der Waals surface area contributed by atoms with Crippen LogP contribution in [-0.2, 0) is 10.0 Å². The molecular weight excluding hydrogens is 384 g/mol. The van der Waals surface area contributed by atoms with Gasteiger partial charge in [-0.1, -0.05) is 30.3 Å². The van der Waals surface area contributed by atoms with Crippen LogP contribution in [0.15, 0.2) is 59.3 Å². The minimum absolute atomic E-state index is 0.271. The zero-order valence-corrected chi connectivity index (χ0v) is 16.4. The van der Waals surface area contributed by atoms with Gasteiger partial charge in [0.1, 0.15) is 11.5 Å². The number of ether oxygens (including phenoxy) is 2. The zero-order valence-electron chi connectivity index (χ0n) is 14.7. The van der Waals surface area contributed by atoms with Gasteiger partial charge in [-0.3, -0.25) is 4.72 Å². The summed E-state index contributed by atoms with van der Waals surface area (Å²) >= 11 is 1.19. The molecule has 0 aliphatic rings. The van der Waals surface area contributed by atoms with Crippen molar-refractivity contribution >= 4 is 32.6 Å². The summed E-state index contributed by atoms with van der Waals surface area (Å²) in [4.78, 5) is 4.36. The van der Waals surface area contributed by atoms with Crippen LogP contribution in [0, 0.1) is 0 Å². The van der Waals surface area contributed by atoms with Gasteiger partial charge in [0.15, 0.2) is 5.13 Å². The summed E-state index contributed by atoms with van der Waals surface area (Å²) in [6, 6.07) is 14.6. The summed E-state index contributed by atoms with van der Waals surface area (Å²) in [5.74, 6) is 1.28. The van der Waals surface area contributed by atoms with Crippen molar-refractivity contribution in [2.24, 2.45) is 0 Å². The average Bonchev–Trinajstić information content (AvgIpc) is 3.14. The van der Waals surface area contributed by atoms with E-state index in [1.54, 1.807) is 37.8 Å². The van der Waals surface area contributed by atoms with Crippen molar-refractivity contribution in [3.63, 3.8) is 0 Å². The molecule has 0 fully saturated rings. The Morgan fingerprint density at radius 3 is 2.56 bits per heavy atom. The van der Waals surface area contributed by atoms with Gasteiger partial charge in [0, 0.05) is 10.9 Å². The number of sulfonamides is 1. The van der Waals surface area contributed by atoms with E-state index >= 15 is 0 Å². The minimum atomic E-state index is -3.67. The Labute approximate surface area is 162 Å². The summed E-state index contributed by atoms with van der Waals surface area (Å²) in [7, 11) is -0.529. The lowest BCUT2D eigenvalue weighted by Crippen LogP contribution is -2.08. The number of nitrogens with one attached hydrogen (secondary N) is 1. The second-order valence-electron chi connectivity index (χ2n) is 5.46. The molecule has 0 amide bonds. The van der Waals surface area contributed by atoms with Gasteiger partial charge in [0.25, 0.3) is 10.0 Å². The van der Waals surface area contributed by atoms with Gasteiger partial charge >= 0.3 is 0 Å². The molecule has 2 aromatic carbocycles. The van der Waals surface area contributed by atoms with Crippen molar-refractivity contribution in [3.8, 4) is 22.8 Å². The van der Waals surface area contributed by atoms with Crippen LogP contribution in [-0.4, -0.2) is 27.6 Å². The molecule has 1 N–H and O–H groups in total. The fourth-order valence-electron chi connectivity index (χ4n) is 2.35. The van der Waals surface area contributed by atoms with Gasteiger partial charge in [-0.15, -0.1) is 11.3 Å². The van der Waals surface area contributed by atoms with Crippen molar-refractivity contribution < 1.29 is 17.9 Å². The third kappa shape index (κ3) is 4.87. The van der Waals surface area contributed by atoms with Gasteiger partial charge < -0.3 is 9.47 Å². The molecule has 27 heavy (non-hydrogen) atoms. The van der Waals surface area contributed by atoms with E-state index in [1.165, 1.54) is 17.4 Å². The van der Waals surface area contributed by atoms with E-state index in [1.807, 2.05) is 30.3 Å². The first kappa shape index (κ1) is 18.9. The second kappa shape index (κ2) is 8.24. The molecular formula is C19H18N2O4S2. The Morgan fingerprint density at radius 1 is 1.07 bits per heavy atom. The molecule has 0 aliphatic carbocycles. The molecule has 3 rings (SSSR count).